The zero-order chi connectivity index (χ0) is 19.8. The summed E-state index contributed by atoms with van der Waals surface area (Å²) in [5.41, 5.74) is 2.86. The number of benzene rings is 2. The fraction of sp³-hybridized carbons (Fsp3) is 0.286. The zero-order valence-electron chi connectivity index (χ0n) is 15.8. The van der Waals surface area contributed by atoms with E-state index in [1.165, 1.54) is 0 Å². The zero-order valence-corrected chi connectivity index (χ0v) is 15.8. The number of nitrogens with zero attached hydrogens (tertiary/aromatic N) is 2. The summed E-state index contributed by atoms with van der Waals surface area (Å²) >= 11 is 0. The van der Waals surface area contributed by atoms with Crippen LogP contribution in [0.3, 0.4) is 0 Å². The number of nitriles is 1. The molecule has 2 aromatic rings. The fourth-order valence-corrected chi connectivity index (χ4v) is 2.77. The largest absolute Gasteiger partial charge is 0.369 e. The van der Waals surface area contributed by atoms with Gasteiger partial charge in [0.05, 0.1) is 6.07 Å². The number of hydrogen-bond acceptors (Lipinski definition) is 4. The first-order valence-electron chi connectivity index (χ1n) is 8.89. The molecule has 6 heteroatoms. The predicted molar refractivity (Wildman–Crippen MR) is 108 cm³/mol. The summed E-state index contributed by atoms with van der Waals surface area (Å²) in [4.78, 5) is 26.0. The van der Waals surface area contributed by atoms with Crippen LogP contribution in [-0.2, 0) is 4.79 Å². The van der Waals surface area contributed by atoms with E-state index in [9.17, 15) is 9.59 Å². The van der Waals surface area contributed by atoms with Crippen LogP contribution in [0.1, 0.15) is 37.6 Å². The molecule has 0 aliphatic carbocycles. The summed E-state index contributed by atoms with van der Waals surface area (Å²) in [6.07, 6.45) is -0.204. The number of carbonyl (C=O) groups excluding carboxylic acids is 2. The van der Waals surface area contributed by atoms with Gasteiger partial charge in [-0.1, -0.05) is 0 Å². The van der Waals surface area contributed by atoms with E-state index in [2.05, 4.69) is 36.3 Å². The Morgan fingerprint density at radius 3 is 2.07 bits per heavy atom. The highest BCUT2D eigenvalue weighted by Gasteiger charge is 2.10. The first kappa shape index (κ1) is 20.0. The molecule has 0 heterocycles. The van der Waals surface area contributed by atoms with Crippen molar-refractivity contribution >= 4 is 28.9 Å². The van der Waals surface area contributed by atoms with Crippen molar-refractivity contribution in [1.82, 2.24) is 0 Å². The maximum atomic E-state index is 12.4. The van der Waals surface area contributed by atoms with Gasteiger partial charge in [-0.3, -0.25) is 9.59 Å². The number of anilines is 3. The van der Waals surface area contributed by atoms with Crippen LogP contribution in [0.25, 0.3) is 0 Å². The van der Waals surface area contributed by atoms with Crippen molar-refractivity contribution in [1.29, 1.82) is 5.26 Å². The molecule has 2 amide bonds. The molecule has 6 nitrogen and oxygen atoms in total. The van der Waals surface area contributed by atoms with E-state index in [-0.39, 0.29) is 18.2 Å². The lowest BCUT2D eigenvalue weighted by atomic mass is 10.1. The lowest BCUT2D eigenvalue weighted by Crippen LogP contribution is -2.30. The fourth-order valence-electron chi connectivity index (χ4n) is 2.77. The molecule has 0 aliphatic rings. The van der Waals surface area contributed by atoms with Gasteiger partial charge < -0.3 is 15.5 Å². The van der Waals surface area contributed by atoms with Gasteiger partial charge in [-0.05, 0) is 69.3 Å². The van der Waals surface area contributed by atoms with Gasteiger partial charge in [0.15, 0.2) is 0 Å². The normalized spacial score (nSPS) is 10.2. The number of rotatable bonds is 7. The van der Waals surface area contributed by atoms with Crippen molar-refractivity contribution in [2.45, 2.75) is 33.2 Å². The molecule has 0 unspecified atom stereocenters. The molecule has 140 valence electrons. The summed E-state index contributed by atoms with van der Waals surface area (Å²) in [5.74, 6) is -0.605. The van der Waals surface area contributed by atoms with Crippen LogP contribution < -0.4 is 15.5 Å². The summed E-state index contributed by atoms with van der Waals surface area (Å²) in [7, 11) is 0. The average molecular weight is 364 g/mol. The van der Waals surface area contributed by atoms with Crippen molar-refractivity contribution in [3.05, 3.63) is 54.1 Å². The Bertz CT molecular complexity index is 821. The third-order valence-electron chi connectivity index (χ3n) is 4.09. The molecule has 0 bridgehead atoms. The van der Waals surface area contributed by atoms with Gasteiger partial charge in [-0.2, -0.15) is 5.26 Å². The molecule has 2 aromatic carbocycles. The summed E-state index contributed by atoms with van der Waals surface area (Å²) in [6.45, 7) is 7.32. The van der Waals surface area contributed by atoms with Crippen LogP contribution in [0.2, 0.25) is 0 Å². The minimum absolute atomic E-state index is 0.204. The molecule has 2 N–H and O–H groups in total. The van der Waals surface area contributed by atoms with Crippen molar-refractivity contribution in [2.24, 2.45) is 0 Å². The van der Waals surface area contributed by atoms with Crippen LogP contribution in [0.4, 0.5) is 17.1 Å². The minimum Gasteiger partial charge on any atom is -0.369 e. The van der Waals surface area contributed by atoms with E-state index in [1.54, 1.807) is 30.3 Å². The molecule has 2 rings (SSSR count). The third-order valence-corrected chi connectivity index (χ3v) is 4.09. The van der Waals surface area contributed by atoms with Gasteiger partial charge in [0.1, 0.15) is 6.42 Å². The molecule has 0 saturated carbocycles. The van der Waals surface area contributed by atoms with Crippen molar-refractivity contribution in [2.75, 3.05) is 22.1 Å². The Hall–Kier alpha value is -3.33. The van der Waals surface area contributed by atoms with E-state index < -0.39 is 0 Å². The van der Waals surface area contributed by atoms with E-state index in [1.807, 2.05) is 24.3 Å². The highest BCUT2D eigenvalue weighted by molar-refractivity contribution is 6.04. The second-order valence-corrected chi connectivity index (χ2v) is 6.34. The Balaban J connectivity index is 2.00. The Kier molecular flexibility index (Phi) is 6.95. The lowest BCUT2D eigenvalue weighted by molar-refractivity contribution is -0.115. The number of amides is 2. The molecular weight excluding hydrogens is 340 g/mol. The molecule has 0 radical (unpaired) electrons. The molecular formula is C21H24N4O2. The topological polar surface area (TPSA) is 85.2 Å². The molecule has 27 heavy (non-hydrogen) atoms. The van der Waals surface area contributed by atoms with Gasteiger partial charge >= 0.3 is 0 Å². The molecule has 0 fully saturated rings. The smallest absolute Gasteiger partial charge is 0.255 e. The third kappa shape index (κ3) is 5.58. The second kappa shape index (κ2) is 9.39. The minimum atomic E-state index is -0.377. The number of nitrogens with one attached hydrogen (secondary N) is 2. The lowest BCUT2D eigenvalue weighted by Gasteiger charge is -2.27. The van der Waals surface area contributed by atoms with E-state index >= 15 is 0 Å². The Morgan fingerprint density at radius 2 is 1.56 bits per heavy atom. The van der Waals surface area contributed by atoms with Gasteiger partial charge in [0.25, 0.3) is 5.91 Å². The van der Waals surface area contributed by atoms with Crippen molar-refractivity contribution in [3.8, 4) is 6.07 Å². The number of carbonyl (C=O) groups is 2. The summed E-state index contributed by atoms with van der Waals surface area (Å²) in [6, 6.07) is 16.5. The Morgan fingerprint density at radius 1 is 1.00 bits per heavy atom. The predicted octanol–water partition coefficient (Wildman–Crippen LogP) is 4.03. The molecule has 0 saturated heterocycles. The highest BCUT2D eigenvalue weighted by Crippen LogP contribution is 2.20. The monoisotopic (exact) mass is 364 g/mol. The summed E-state index contributed by atoms with van der Waals surface area (Å²) in [5, 5.41) is 14.0. The van der Waals surface area contributed by atoms with E-state index in [0.717, 1.165) is 17.9 Å². The molecule has 0 aliphatic heterocycles. The number of hydrogen-bond donors (Lipinski definition) is 2. The van der Waals surface area contributed by atoms with Crippen LogP contribution in [0, 0.1) is 11.3 Å². The molecule has 0 spiro atoms. The maximum absolute atomic E-state index is 12.4. The Labute approximate surface area is 159 Å². The van der Waals surface area contributed by atoms with Crippen molar-refractivity contribution in [3.63, 3.8) is 0 Å². The van der Waals surface area contributed by atoms with Crippen LogP contribution >= 0.6 is 0 Å². The van der Waals surface area contributed by atoms with Crippen molar-refractivity contribution < 1.29 is 9.59 Å². The first-order valence-corrected chi connectivity index (χ1v) is 8.89. The van der Waals surface area contributed by atoms with Gasteiger partial charge in [-0.25, -0.2) is 0 Å². The van der Waals surface area contributed by atoms with Crippen LogP contribution in [0.15, 0.2) is 48.5 Å². The first-order chi connectivity index (χ1) is 12.9. The quantitative estimate of drug-likeness (QED) is 0.777. The second-order valence-electron chi connectivity index (χ2n) is 6.34. The highest BCUT2D eigenvalue weighted by atomic mass is 16.2. The van der Waals surface area contributed by atoms with Gasteiger partial charge in [0.2, 0.25) is 5.91 Å². The van der Waals surface area contributed by atoms with E-state index in [0.29, 0.717) is 17.3 Å². The van der Waals surface area contributed by atoms with Gasteiger partial charge in [0, 0.05) is 35.2 Å². The summed E-state index contributed by atoms with van der Waals surface area (Å²) < 4.78 is 0. The van der Waals surface area contributed by atoms with Crippen LogP contribution in [0.5, 0.6) is 0 Å². The average Bonchev–Trinajstić information content (AvgIpc) is 2.64. The van der Waals surface area contributed by atoms with Gasteiger partial charge in [-0.15, -0.1) is 0 Å². The van der Waals surface area contributed by atoms with E-state index in [4.69, 9.17) is 5.26 Å². The maximum Gasteiger partial charge on any atom is 0.255 e. The standard InChI is InChI=1S/C21H24N4O2/c1-4-25(15(2)3)19-11-9-18(10-12-19)24-21(27)16-5-7-17(8-6-16)23-20(26)13-14-22/h5-12,15H,4,13H2,1-3H3,(H,23,26)(H,24,27). The molecule has 0 atom stereocenters. The molecule has 0 aromatic heterocycles. The SMILES string of the molecule is CCN(c1ccc(NC(=O)c2ccc(NC(=O)CC#N)cc2)cc1)C(C)C. The van der Waals surface area contributed by atoms with Crippen LogP contribution in [-0.4, -0.2) is 24.4 Å².